The van der Waals surface area contributed by atoms with Gasteiger partial charge in [0.2, 0.25) is 5.89 Å². The molecule has 0 aliphatic heterocycles. The van der Waals surface area contributed by atoms with Crippen LogP contribution in [0, 0.1) is 0 Å². The van der Waals surface area contributed by atoms with E-state index >= 15 is 0 Å². The molecule has 0 amide bonds. The van der Waals surface area contributed by atoms with Gasteiger partial charge in [0, 0.05) is 17.1 Å². The lowest BCUT2D eigenvalue weighted by atomic mass is 10.4. The Morgan fingerprint density at radius 3 is 2.71 bits per heavy atom. The van der Waals surface area contributed by atoms with Gasteiger partial charge in [-0.15, -0.1) is 11.8 Å². The summed E-state index contributed by atoms with van der Waals surface area (Å²) in [4.78, 5) is 5.46. The highest BCUT2D eigenvalue weighted by molar-refractivity contribution is 8.00. The minimum atomic E-state index is -3.25. The molecule has 1 aromatic carbocycles. The Kier molecular flexibility index (Phi) is 3.79. The van der Waals surface area contributed by atoms with Crippen molar-refractivity contribution in [1.29, 1.82) is 0 Å². The zero-order valence-electron chi connectivity index (χ0n) is 11.8. The molecule has 1 saturated carbocycles. The van der Waals surface area contributed by atoms with Gasteiger partial charge in [-0.05, 0) is 31.9 Å². The minimum absolute atomic E-state index is 0.0899. The Balaban J connectivity index is 1.82. The van der Waals surface area contributed by atoms with Gasteiger partial charge >= 0.3 is 0 Å². The van der Waals surface area contributed by atoms with Crippen LogP contribution in [0.15, 0.2) is 38.6 Å². The average molecular weight is 324 g/mol. The van der Waals surface area contributed by atoms with Crippen molar-refractivity contribution in [2.75, 3.05) is 6.26 Å². The number of hydrogen-bond acceptors (Lipinski definition) is 6. The molecule has 1 fully saturated rings. The summed E-state index contributed by atoms with van der Waals surface area (Å²) in [5.41, 5.74) is 0. The van der Waals surface area contributed by atoms with Crippen LogP contribution in [-0.2, 0) is 9.84 Å². The van der Waals surface area contributed by atoms with Crippen LogP contribution < -0.4 is 0 Å². The summed E-state index contributed by atoms with van der Waals surface area (Å²) in [5.74, 6) is 1.77. The van der Waals surface area contributed by atoms with Crippen molar-refractivity contribution in [3.8, 4) is 0 Å². The smallest absolute Gasteiger partial charge is 0.239 e. The van der Waals surface area contributed by atoms with Crippen molar-refractivity contribution in [3.63, 3.8) is 0 Å². The van der Waals surface area contributed by atoms with Crippen LogP contribution in [0.3, 0.4) is 0 Å². The SMILES string of the molecule is C[C@H](Sc1ccccc1S(C)(=O)=O)c1nc(C2CC2)no1. The van der Waals surface area contributed by atoms with Gasteiger partial charge in [0.1, 0.15) is 0 Å². The molecule has 0 spiro atoms. The molecule has 3 rings (SSSR count). The number of sulfone groups is 1. The maximum Gasteiger partial charge on any atom is 0.239 e. The second-order valence-corrected chi connectivity index (χ2v) is 8.61. The topological polar surface area (TPSA) is 73.1 Å². The zero-order chi connectivity index (χ0) is 15.0. The number of rotatable bonds is 5. The van der Waals surface area contributed by atoms with Crippen LogP contribution in [0.25, 0.3) is 0 Å². The van der Waals surface area contributed by atoms with Crippen molar-refractivity contribution in [2.24, 2.45) is 0 Å². The molecule has 1 atom stereocenters. The van der Waals surface area contributed by atoms with E-state index in [0.29, 0.717) is 21.6 Å². The molecule has 5 nitrogen and oxygen atoms in total. The minimum Gasteiger partial charge on any atom is -0.338 e. The van der Waals surface area contributed by atoms with E-state index in [4.69, 9.17) is 4.52 Å². The number of nitrogens with zero attached hydrogens (tertiary/aromatic N) is 2. The Morgan fingerprint density at radius 1 is 1.33 bits per heavy atom. The van der Waals surface area contributed by atoms with Gasteiger partial charge in [-0.2, -0.15) is 4.98 Å². The molecule has 1 aliphatic rings. The standard InChI is InChI=1S/C14H16N2O3S2/c1-9(14-15-13(16-19-14)10-7-8-10)20-11-5-3-4-6-12(11)21(2,17)18/h3-6,9-10H,7-8H2,1-2H3/t9-/m0/s1. The first-order chi connectivity index (χ1) is 9.95. The van der Waals surface area contributed by atoms with Gasteiger partial charge < -0.3 is 4.52 Å². The van der Waals surface area contributed by atoms with Crippen LogP contribution in [-0.4, -0.2) is 24.8 Å². The maximum atomic E-state index is 11.8. The van der Waals surface area contributed by atoms with E-state index in [0.717, 1.165) is 18.7 Å². The lowest BCUT2D eigenvalue weighted by Crippen LogP contribution is -2.00. The van der Waals surface area contributed by atoms with E-state index in [9.17, 15) is 8.42 Å². The fourth-order valence-corrected chi connectivity index (χ4v) is 4.29. The molecular formula is C14H16N2O3S2. The third kappa shape index (κ3) is 3.29. The van der Waals surface area contributed by atoms with E-state index in [1.54, 1.807) is 18.2 Å². The molecule has 1 heterocycles. The summed E-state index contributed by atoms with van der Waals surface area (Å²) in [5, 5.41) is 3.90. The van der Waals surface area contributed by atoms with Crippen LogP contribution in [0.4, 0.5) is 0 Å². The van der Waals surface area contributed by atoms with Crippen LogP contribution in [0.1, 0.15) is 42.6 Å². The van der Waals surface area contributed by atoms with Gasteiger partial charge in [-0.3, -0.25) is 0 Å². The first-order valence-corrected chi connectivity index (χ1v) is 9.51. The van der Waals surface area contributed by atoms with Crippen molar-refractivity contribution >= 4 is 21.6 Å². The third-order valence-electron chi connectivity index (χ3n) is 3.30. The Labute approximate surface area is 128 Å². The molecule has 2 aromatic rings. The normalized spacial score (nSPS) is 16.9. The highest BCUT2D eigenvalue weighted by Crippen LogP contribution is 2.41. The first kappa shape index (κ1) is 14.6. The number of thioether (sulfide) groups is 1. The van der Waals surface area contributed by atoms with E-state index in [1.165, 1.54) is 18.0 Å². The molecule has 0 bridgehead atoms. The molecule has 0 radical (unpaired) electrons. The first-order valence-electron chi connectivity index (χ1n) is 6.74. The van der Waals surface area contributed by atoms with Gasteiger partial charge in [-0.1, -0.05) is 17.3 Å². The van der Waals surface area contributed by atoms with Crippen molar-refractivity contribution < 1.29 is 12.9 Å². The highest BCUT2D eigenvalue weighted by Gasteiger charge is 2.30. The van der Waals surface area contributed by atoms with Gasteiger partial charge in [0.15, 0.2) is 15.7 Å². The van der Waals surface area contributed by atoms with Crippen LogP contribution in [0.5, 0.6) is 0 Å². The van der Waals surface area contributed by atoms with Gasteiger partial charge in [0.25, 0.3) is 0 Å². The largest absolute Gasteiger partial charge is 0.338 e. The molecular weight excluding hydrogens is 308 g/mol. The fourth-order valence-electron chi connectivity index (χ4n) is 2.01. The highest BCUT2D eigenvalue weighted by atomic mass is 32.2. The van der Waals surface area contributed by atoms with E-state index in [2.05, 4.69) is 10.1 Å². The zero-order valence-corrected chi connectivity index (χ0v) is 13.4. The fraction of sp³-hybridized carbons (Fsp3) is 0.429. The van der Waals surface area contributed by atoms with Gasteiger partial charge in [0.05, 0.1) is 10.1 Å². The Bertz CT molecular complexity index is 751. The quantitative estimate of drug-likeness (QED) is 0.786. The number of hydrogen-bond donors (Lipinski definition) is 0. The summed E-state index contributed by atoms with van der Waals surface area (Å²) >= 11 is 1.42. The summed E-state index contributed by atoms with van der Waals surface area (Å²) < 4.78 is 28.9. The molecule has 0 unspecified atom stereocenters. The van der Waals surface area contributed by atoms with E-state index in [1.807, 2.05) is 13.0 Å². The molecule has 1 aliphatic carbocycles. The second kappa shape index (κ2) is 5.46. The molecule has 0 saturated heterocycles. The Morgan fingerprint density at radius 2 is 2.05 bits per heavy atom. The van der Waals surface area contributed by atoms with Crippen LogP contribution in [0.2, 0.25) is 0 Å². The van der Waals surface area contributed by atoms with Crippen molar-refractivity contribution in [1.82, 2.24) is 10.1 Å². The predicted octanol–water partition coefficient (Wildman–Crippen LogP) is 3.20. The van der Waals surface area contributed by atoms with E-state index < -0.39 is 9.84 Å². The lowest BCUT2D eigenvalue weighted by Gasteiger charge is -2.10. The molecule has 1 aromatic heterocycles. The molecule has 7 heteroatoms. The van der Waals surface area contributed by atoms with Crippen molar-refractivity contribution in [2.45, 2.75) is 40.7 Å². The molecule has 0 N–H and O–H groups in total. The number of aromatic nitrogens is 2. The summed E-state index contributed by atoms with van der Waals surface area (Å²) in [6.07, 6.45) is 3.46. The Hall–Kier alpha value is -1.34. The predicted molar refractivity (Wildman–Crippen MR) is 80.1 cm³/mol. The van der Waals surface area contributed by atoms with E-state index in [-0.39, 0.29) is 5.25 Å². The monoisotopic (exact) mass is 324 g/mol. The summed E-state index contributed by atoms with van der Waals surface area (Å²) in [7, 11) is -3.25. The van der Waals surface area contributed by atoms with Gasteiger partial charge in [-0.25, -0.2) is 8.42 Å². The van der Waals surface area contributed by atoms with Crippen molar-refractivity contribution in [3.05, 3.63) is 36.0 Å². The second-order valence-electron chi connectivity index (χ2n) is 5.24. The maximum absolute atomic E-state index is 11.8. The molecule has 112 valence electrons. The average Bonchev–Trinajstić information content (AvgIpc) is 3.15. The summed E-state index contributed by atoms with van der Waals surface area (Å²) in [6, 6.07) is 6.97. The lowest BCUT2D eigenvalue weighted by molar-refractivity contribution is 0.375. The third-order valence-corrected chi connectivity index (χ3v) is 5.75. The number of benzene rings is 1. The summed E-state index contributed by atoms with van der Waals surface area (Å²) in [6.45, 7) is 1.94. The molecule has 21 heavy (non-hydrogen) atoms. The van der Waals surface area contributed by atoms with Crippen LogP contribution >= 0.6 is 11.8 Å².